The van der Waals surface area contributed by atoms with Crippen LogP contribution >= 0.6 is 0 Å². The Bertz CT molecular complexity index is 1380. The summed E-state index contributed by atoms with van der Waals surface area (Å²) in [6, 6.07) is 9.67. The van der Waals surface area contributed by atoms with Crippen molar-refractivity contribution >= 4 is 16.5 Å². The number of aryl methyl sites for hydroxylation is 1. The van der Waals surface area contributed by atoms with Crippen LogP contribution in [0.25, 0.3) is 10.8 Å². The molecule has 34 heavy (non-hydrogen) atoms. The van der Waals surface area contributed by atoms with Crippen molar-refractivity contribution in [1.82, 2.24) is 30.3 Å². The van der Waals surface area contributed by atoms with Gasteiger partial charge in [0.25, 0.3) is 5.56 Å². The fourth-order valence-electron chi connectivity index (χ4n) is 4.50. The third-order valence-corrected chi connectivity index (χ3v) is 6.10. The third kappa shape index (κ3) is 4.01. The number of hydrogen-bond acceptors (Lipinski definition) is 7. The van der Waals surface area contributed by atoms with Crippen LogP contribution in [0.15, 0.2) is 47.5 Å². The molecule has 0 fully saturated rings. The Kier molecular flexibility index (Phi) is 5.97. The monoisotopic (exact) mass is 469 g/mol. The molecule has 0 spiro atoms. The lowest BCUT2D eigenvalue weighted by Crippen LogP contribution is -2.30. The quantitative estimate of drug-likeness (QED) is 0.338. The van der Waals surface area contributed by atoms with E-state index in [4.69, 9.17) is 4.74 Å². The highest BCUT2D eigenvalue weighted by Crippen LogP contribution is 2.46. The van der Waals surface area contributed by atoms with E-state index < -0.39 is 0 Å². The zero-order chi connectivity index (χ0) is 23.7. The molecule has 0 aliphatic carbocycles. The number of rotatable bonds is 8. The summed E-state index contributed by atoms with van der Waals surface area (Å²) in [6.45, 7) is 4.35. The number of nitrogens with one attached hydrogen (secondary N) is 3. The third-order valence-electron chi connectivity index (χ3n) is 6.10. The molecule has 9 nitrogen and oxygen atoms in total. The Morgan fingerprint density at radius 2 is 2.09 bits per heavy atom. The average Bonchev–Trinajstić information content (AvgIpc) is 3.26. The van der Waals surface area contributed by atoms with Gasteiger partial charge >= 0.3 is 0 Å². The summed E-state index contributed by atoms with van der Waals surface area (Å²) in [7, 11) is 1.81. The van der Waals surface area contributed by atoms with Crippen molar-refractivity contribution in [2.24, 2.45) is 7.05 Å². The molecule has 0 amide bonds. The van der Waals surface area contributed by atoms with Crippen LogP contribution in [-0.4, -0.2) is 44.7 Å². The molecule has 2 aromatic heterocycles. The normalized spacial score (nSPS) is 17.0. The number of nitrogens with zero attached hydrogens (tertiary/aromatic N) is 4. The maximum absolute atomic E-state index is 13.7. The van der Waals surface area contributed by atoms with E-state index in [2.05, 4.69) is 37.8 Å². The maximum Gasteiger partial charge on any atom is 0.272 e. The van der Waals surface area contributed by atoms with Gasteiger partial charge in [0.1, 0.15) is 23.7 Å². The number of anilines is 1. The lowest BCUT2D eigenvalue weighted by atomic mass is 9.83. The van der Waals surface area contributed by atoms with E-state index in [0.29, 0.717) is 29.3 Å². The predicted octanol–water partition coefficient (Wildman–Crippen LogP) is 3.61. The van der Waals surface area contributed by atoms with Gasteiger partial charge in [0, 0.05) is 28.5 Å². The van der Waals surface area contributed by atoms with Crippen molar-refractivity contribution in [2.75, 3.05) is 25.0 Å². The van der Waals surface area contributed by atoms with Crippen molar-refractivity contribution in [1.29, 1.82) is 0 Å². The smallest absolute Gasteiger partial charge is 0.272 e. The molecule has 0 bridgehead atoms. The van der Waals surface area contributed by atoms with Crippen molar-refractivity contribution in [3.63, 3.8) is 0 Å². The second-order valence-electron chi connectivity index (χ2n) is 8.28. The van der Waals surface area contributed by atoms with Gasteiger partial charge in [-0.2, -0.15) is 10.2 Å². The second-order valence-corrected chi connectivity index (χ2v) is 8.28. The molecule has 3 heterocycles. The molecule has 1 aliphatic heterocycles. The minimum absolute atomic E-state index is 0. The molecule has 1 aliphatic rings. The van der Waals surface area contributed by atoms with E-state index in [1.165, 1.54) is 18.5 Å². The van der Waals surface area contributed by atoms with E-state index in [1.54, 1.807) is 22.9 Å². The first kappa shape index (κ1) is 22.0. The van der Waals surface area contributed by atoms with Crippen LogP contribution in [0.5, 0.6) is 5.75 Å². The first-order valence-electron chi connectivity index (χ1n) is 11.3. The Labute approximate surface area is 199 Å². The predicted molar refractivity (Wildman–Crippen MR) is 133 cm³/mol. The zero-order valence-corrected chi connectivity index (χ0v) is 19.0. The highest BCUT2D eigenvalue weighted by Gasteiger charge is 2.37. The van der Waals surface area contributed by atoms with Crippen molar-refractivity contribution < 1.29 is 13.4 Å². The Morgan fingerprint density at radius 3 is 2.82 bits per heavy atom. The molecular weight excluding hydrogens is 437 g/mol. The number of ether oxygens (including phenoxy) is 1. The number of halogens is 1. The van der Waals surface area contributed by atoms with Crippen LogP contribution in [0.1, 0.15) is 46.7 Å². The number of aromatic nitrogens is 5. The topological polar surface area (TPSA) is 110 Å². The fraction of sp³-hybridized carbons (Fsp3) is 0.333. The Morgan fingerprint density at radius 1 is 1.26 bits per heavy atom. The van der Waals surface area contributed by atoms with Gasteiger partial charge in [0.15, 0.2) is 0 Å². The Balaban J connectivity index is 0.00000160. The number of hydrogen-bond donors (Lipinski definition) is 3. The van der Waals surface area contributed by atoms with Crippen LogP contribution < -0.4 is 20.9 Å². The summed E-state index contributed by atoms with van der Waals surface area (Å²) in [5.41, 5.74) is 1.98. The minimum atomic E-state index is -0.364. The minimum Gasteiger partial charge on any atom is -0.493 e. The molecule has 5 rings (SSSR count). The number of benzene rings is 2. The molecule has 0 saturated carbocycles. The second kappa shape index (κ2) is 9.22. The Hall–Kier alpha value is -3.79. The van der Waals surface area contributed by atoms with Crippen LogP contribution in [0, 0.1) is 5.82 Å². The van der Waals surface area contributed by atoms with Gasteiger partial charge in [-0.05, 0) is 43.3 Å². The number of aromatic amines is 1. The van der Waals surface area contributed by atoms with Crippen LogP contribution in [0.2, 0.25) is 0 Å². The molecule has 0 radical (unpaired) electrons. The number of H-pyrrole nitrogens is 1. The van der Waals surface area contributed by atoms with Gasteiger partial charge < -0.3 is 15.4 Å². The van der Waals surface area contributed by atoms with Gasteiger partial charge in [-0.15, -0.1) is 0 Å². The molecule has 4 aromatic rings. The molecule has 2 aromatic carbocycles. The summed E-state index contributed by atoms with van der Waals surface area (Å²) in [4.78, 5) is 17.2. The standard InChI is InChI=1S/C24H26FN7O2.3H2/c1-3-26-9-4-10-34-16-11-17-19-18(12-16)29-21(14-5-7-15(25)8-6-14)20(22(19)30-31-24(17)33)23-27-13-28-32(23)2;;;/h5-8,11-13,20-21,26,29H,3-4,9-10H2,1-2H3,(H,31,33);3*1H/t20-,21-;;;/m1.../s1. The van der Waals surface area contributed by atoms with Crippen molar-refractivity contribution in [3.8, 4) is 5.75 Å². The highest BCUT2D eigenvalue weighted by molar-refractivity contribution is 5.98. The first-order chi connectivity index (χ1) is 16.6. The molecule has 182 valence electrons. The largest absolute Gasteiger partial charge is 0.493 e. The van der Waals surface area contributed by atoms with Gasteiger partial charge in [-0.25, -0.2) is 14.5 Å². The van der Waals surface area contributed by atoms with Crippen LogP contribution in [0.4, 0.5) is 10.1 Å². The molecule has 3 N–H and O–H groups in total. The van der Waals surface area contributed by atoms with Gasteiger partial charge in [-0.3, -0.25) is 9.48 Å². The zero-order valence-electron chi connectivity index (χ0n) is 19.0. The van der Waals surface area contributed by atoms with E-state index in [-0.39, 0.29) is 27.6 Å². The summed E-state index contributed by atoms with van der Waals surface area (Å²) >= 11 is 0. The lowest BCUT2D eigenvalue weighted by Gasteiger charge is -2.34. The van der Waals surface area contributed by atoms with Crippen LogP contribution in [0.3, 0.4) is 0 Å². The lowest BCUT2D eigenvalue weighted by molar-refractivity contribution is 0.309. The molecule has 0 unspecified atom stereocenters. The van der Waals surface area contributed by atoms with Crippen molar-refractivity contribution in [3.05, 3.63) is 76.0 Å². The SMILES string of the molecule is CCNCCCOc1cc2c3c(n[nH]c(=O)c3c1)[C@H](c1ncnn1C)[C@@H](c1ccc(F)cc1)N2.[HH].[HH].[HH]. The summed E-state index contributed by atoms with van der Waals surface area (Å²) in [5.74, 6) is 0.603. The van der Waals surface area contributed by atoms with Crippen LogP contribution in [-0.2, 0) is 7.05 Å². The maximum atomic E-state index is 13.7. The molecule has 10 heteroatoms. The van der Waals surface area contributed by atoms with E-state index >= 15 is 0 Å². The van der Waals surface area contributed by atoms with Crippen molar-refractivity contribution in [2.45, 2.75) is 25.3 Å². The summed E-state index contributed by atoms with van der Waals surface area (Å²) in [5, 5.41) is 19.4. The average molecular weight is 470 g/mol. The van der Waals surface area contributed by atoms with E-state index in [1.807, 2.05) is 13.1 Å². The van der Waals surface area contributed by atoms with Gasteiger partial charge in [0.2, 0.25) is 0 Å². The first-order valence-corrected chi connectivity index (χ1v) is 11.3. The molecule has 2 atom stereocenters. The van der Waals surface area contributed by atoms with E-state index in [9.17, 15) is 9.18 Å². The van der Waals surface area contributed by atoms with E-state index in [0.717, 1.165) is 36.1 Å². The molecular formula is C24H32FN7O2. The van der Waals surface area contributed by atoms with Gasteiger partial charge in [-0.1, -0.05) is 19.1 Å². The fourth-order valence-corrected chi connectivity index (χ4v) is 4.50. The van der Waals surface area contributed by atoms with Gasteiger partial charge in [0.05, 0.1) is 29.6 Å². The highest BCUT2D eigenvalue weighted by atomic mass is 19.1. The summed E-state index contributed by atoms with van der Waals surface area (Å²) < 4.78 is 21.3. The molecule has 0 saturated heterocycles. The summed E-state index contributed by atoms with van der Waals surface area (Å²) in [6.07, 6.45) is 2.33.